The molecule has 4 rings (SSSR count). The third-order valence-electron chi connectivity index (χ3n) is 4.97. The predicted molar refractivity (Wildman–Crippen MR) is 102 cm³/mol. The SMILES string of the molecule is Cc1ccc(-c2noc(CCC(=O)NCc3nnc4n3CCCCC4)n2)cc1. The van der Waals surface area contributed by atoms with Crippen molar-refractivity contribution in [2.45, 2.75) is 58.5 Å². The van der Waals surface area contributed by atoms with E-state index in [9.17, 15) is 4.79 Å². The number of nitrogens with zero attached hydrogens (tertiary/aromatic N) is 5. The third kappa shape index (κ3) is 4.27. The summed E-state index contributed by atoms with van der Waals surface area (Å²) in [6, 6.07) is 7.92. The highest BCUT2D eigenvalue weighted by Crippen LogP contribution is 2.17. The van der Waals surface area contributed by atoms with Crippen LogP contribution in [0.3, 0.4) is 0 Å². The zero-order chi connectivity index (χ0) is 19.3. The van der Waals surface area contributed by atoms with Crippen molar-refractivity contribution in [3.8, 4) is 11.4 Å². The molecule has 0 saturated heterocycles. The summed E-state index contributed by atoms with van der Waals surface area (Å²) in [6.07, 6.45) is 5.15. The number of aryl methyl sites for hydroxylation is 3. The highest BCUT2D eigenvalue weighted by atomic mass is 16.5. The molecule has 0 bridgehead atoms. The number of benzene rings is 1. The lowest BCUT2D eigenvalue weighted by atomic mass is 10.1. The quantitative estimate of drug-likeness (QED) is 0.706. The molecule has 0 fully saturated rings. The zero-order valence-electron chi connectivity index (χ0n) is 16.0. The molecule has 0 radical (unpaired) electrons. The molecule has 0 atom stereocenters. The number of amides is 1. The van der Waals surface area contributed by atoms with Gasteiger partial charge < -0.3 is 14.4 Å². The summed E-state index contributed by atoms with van der Waals surface area (Å²) in [5, 5.41) is 15.4. The summed E-state index contributed by atoms with van der Waals surface area (Å²) in [5.41, 5.74) is 2.08. The number of aromatic nitrogens is 5. The average Bonchev–Trinajstić information content (AvgIpc) is 3.26. The van der Waals surface area contributed by atoms with Crippen molar-refractivity contribution in [2.24, 2.45) is 0 Å². The van der Waals surface area contributed by atoms with Crippen LogP contribution in [0.1, 0.15) is 48.8 Å². The van der Waals surface area contributed by atoms with E-state index in [4.69, 9.17) is 4.52 Å². The van der Waals surface area contributed by atoms with Gasteiger partial charge in [-0.15, -0.1) is 10.2 Å². The molecule has 0 spiro atoms. The number of carbonyl (C=O) groups excluding carboxylic acids is 1. The van der Waals surface area contributed by atoms with Gasteiger partial charge in [0.05, 0.1) is 6.54 Å². The molecule has 1 amide bonds. The van der Waals surface area contributed by atoms with Crippen LogP contribution in [0.25, 0.3) is 11.4 Å². The minimum Gasteiger partial charge on any atom is -0.349 e. The van der Waals surface area contributed by atoms with Gasteiger partial charge in [-0.3, -0.25) is 4.79 Å². The number of nitrogens with one attached hydrogen (secondary N) is 1. The Bertz CT molecular complexity index is 944. The number of carbonyl (C=O) groups is 1. The first-order chi connectivity index (χ1) is 13.7. The Labute approximate surface area is 163 Å². The monoisotopic (exact) mass is 380 g/mol. The first-order valence-corrected chi connectivity index (χ1v) is 9.76. The molecule has 3 heterocycles. The Morgan fingerprint density at radius 2 is 2.04 bits per heavy atom. The first kappa shape index (κ1) is 18.3. The van der Waals surface area contributed by atoms with Crippen LogP contribution in [0.2, 0.25) is 0 Å². The molecule has 1 aliphatic rings. The zero-order valence-corrected chi connectivity index (χ0v) is 16.0. The van der Waals surface area contributed by atoms with Gasteiger partial charge in [-0.1, -0.05) is 41.4 Å². The molecule has 0 saturated carbocycles. The molecule has 0 unspecified atom stereocenters. The fourth-order valence-corrected chi connectivity index (χ4v) is 3.34. The van der Waals surface area contributed by atoms with Gasteiger partial charge in [0.2, 0.25) is 17.6 Å². The topological polar surface area (TPSA) is 98.7 Å². The van der Waals surface area contributed by atoms with Crippen molar-refractivity contribution < 1.29 is 9.32 Å². The number of rotatable bonds is 6. The summed E-state index contributed by atoms with van der Waals surface area (Å²) in [5.74, 6) is 2.78. The maximum absolute atomic E-state index is 12.2. The van der Waals surface area contributed by atoms with E-state index < -0.39 is 0 Å². The lowest BCUT2D eigenvalue weighted by Crippen LogP contribution is -2.25. The molecule has 1 aromatic carbocycles. The van der Waals surface area contributed by atoms with Crippen LogP contribution < -0.4 is 5.32 Å². The normalized spacial score (nSPS) is 13.8. The van der Waals surface area contributed by atoms with Crippen molar-refractivity contribution >= 4 is 5.91 Å². The van der Waals surface area contributed by atoms with E-state index in [-0.39, 0.29) is 12.3 Å². The smallest absolute Gasteiger partial charge is 0.227 e. The second kappa shape index (κ2) is 8.33. The molecule has 8 nitrogen and oxygen atoms in total. The van der Waals surface area contributed by atoms with E-state index in [2.05, 4.69) is 30.2 Å². The summed E-state index contributed by atoms with van der Waals surface area (Å²) < 4.78 is 7.41. The van der Waals surface area contributed by atoms with E-state index in [1.165, 1.54) is 12.0 Å². The minimum absolute atomic E-state index is 0.0685. The van der Waals surface area contributed by atoms with Crippen molar-refractivity contribution in [3.05, 3.63) is 47.4 Å². The van der Waals surface area contributed by atoms with E-state index in [0.29, 0.717) is 24.7 Å². The van der Waals surface area contributed by atoms with Crippen molar-refractivity contribution in [3.63, 3.8) is 0 Å². The Morgan fingerprint density at radius 1 is 1.18 bits per heavy atom. The summed E-state index contributed by atoms with van der Waals surface area (Å²) in [7, 11) is 0. The molecule has 1 N–H and O–H groups in total. The van der Waals surface area contributed by atoms with Crippen LogP contribution in [-0.2, 0) is 30.7 Å². The van der Waals surface area contributed by atoms with Crippen LogP contribution in [-0.4, -0.2) is 30.8 Å². The van der Waals surface area contributed by atoms with Crippen molar-refractivity contribution in [2.75, 3.05) is 0 Å². The Morgan fingerprint density at radius 3 is 2.89 bits per heavy atom. The van der Waals surface area contributed by atoms with Crippen LogP contribution in [0.4, 0.5) is 0 Å². The van der Waals surface area contributed by atoms with Crippen LogP contribution in [0.5, 0.6) is 0 Å². The van der Waals surface area contributed by atoms with Crippen molar-refractivity contribution in [1.82, 2.24) is 30.2 Å². The molecular formula is C20H24N6O2. The van der Waals surface area contributed by atoms with Crippen molar-refractivity contribution in [1.29, 1.82) is 0 Å². The second-order valence-corrected chi connectivity index (χ2v) is 7.15. The average molecular weight is 380 g/mol. The molecule has 8 heteroatoms. The van der Waals surface area contributed by atoms with Crippen LogP contribution in [0.15, 0.2) is 28.8 Å². The first-order valence-electron chi connectivity index (χ1n) is 9.76. The second-order valence-electron chi connectivity index (χ2n) is 7.15. The lowest BCUT2D eigenvalue weighted by molar-refractivity contribution is -0.121. The van der Waals surface area contributed by atoms with Gasteiger partial charge in [-0.05, 0) is 19.8 Å². The number of hydrogen-bond acceptors (Lipinski definition) is 6. The number of hydrogen-bond donors (Lipinski definition) is 1. The fraction of sp³-hybridized carbons (Fsp3) is 0.450. The molecule has 3 aromatic rings. The largest absolute Gasteiger partial charge is 0.349 e. The molecule has 2 aromatic heterocycles. The molecule has 146 valence electrons. The fourth-order valence-electron chi connectivity index (χ4n) is 3.34. The van der Waals surface area contributed by atoms with Gasteiger partial charge in [-0.2, -0.15) is 4.98 Å². The van der Waals surface area contributed by atoms with E-state index in [0.717, 1.165) is 43.0 Å². The van der Waals surface area contributed by atoms with E-state index in [1.807, 2.05) is 31.2 Å². The molecular weight excluding hydrogens is 356 g/mol. The minimum atomic E-state index is -0.0685. The highest BCUT2D eigenvalue weighted by Gasteiger charge is 2.16. The van der Waals surface area contributed by atoms with E-state index in [1.54, 1.807) is 0 Å². The lowest BCUT2D eigenvalue weighted by Gasteiger charge is -2.07. The predicted octanol–water partition coefficient (Wildman–Crippen LogP) is 2.61. The van der Waals surface area contributed by atoms with Gasteiger partial charge >= 0.3 is 0 Å². The van der Waals surface area contributed by atoms with Gasteiger partial charge in [0.15, 0.2) is 5.82 Å². The highest BCUT2D eigenvalue weighted by molar-refractivity contribution is 5.75. The Kier molecular flexibility index (Phi) is 5.45. The van der Waals surface area contributed by atoms with Crippen LogP contribution >= 0.6 is 0 Å². The maximum atomic E-state index is 12.2. The molecule has 28 heavy (non-hydrogen) atoms. The van der Waals surface area contributed by atoms with Gasteiger partial charge in [-0.25, -0.2) is 0 Å². The van der Waals surface area contributed by atoms with E-state index >= 15 is 0 Å². The summed E-state index contributed by atoms with van der Waals surface area (Å²) in [4.78, 5) is 16.6. The third-order valence-corrected chi connectivity index (χ3v) is 4.97. The maximum Gasteiger partial charge on any atom is 0.227 e. The Balaban J connectivity index is 1.28. The van der Waals surface area contributed by atoms with Gasteiger partial charge in [0, 0.05) is 31.4 Å². The van der Waals surface area contributed by atoms with Gasteiger partial charge in [0.1, 0.15) is 5.82 Å². The molecule has 0 aliphatic carbocycles. The summed E-state index contributed by atoms with van der Waals surface area (Å²) >= 11 is 0. The summed E-state index contributed by atoms with van der Waals surface area (Å²) in [6.45, 7) is 3.35. The Hall–Kier alpha value is -3.03. The van der Waals surface area contributed by atoms with Crippen LogP contribution in [0, 0.1) is 6.92 Å². The standard InChI is InChI=1S/C20H24N6O2/c1-14-6-8-15(9-7-14)20-22-19(28-25-20)11-10-18(27)21-13-17-24-23-16-5-3-2-4-12-26(16)17/h6-9H,2-5,10-13H2,1H3,(H,21,27). The molecule has 1 aliphatic heterocycles. The van der Waals surface area contributed by atoms with Gasteiger partial charge in [0.25, 0.3) is 0 Å². The number of fused-ring (bicyclic) bond motifs is 1.